The van der Waals surface area contributed by atoms with Crippen LogP contribution in [0.25, 0.3) is 0 Å². The quantitative estimate of drug-likeness (QED) is 0.768. The molecule has 1 heterocycles. The normalized spacial score (nSPS) is 10.0. The van der Waals surface area contributed by atoms with Crippen LogP contribution in [0.3, 0.4) is 0 Å². The van der Waals surface area contributed by atoms with Crippen LogP contribution in [0, 0.1) is 11.6 Å². The summed E-state index contributed by atoms with van der Waals surface area (Å²) in [4.78, 5) is 14.2. The molecule has 5 heteroatoms. The standard InChI is InChI=1S/C12H7F2NO2/c13-9-1-2-12(11(14)4-9)17-10-3-8(7-16)5-15-6-10/h1-7H. The molecule has 0 unspecified atom stereocenters. The zero-order valence-electron chi connectivity index (χ0n) is 8.56. The van der Waals surface area contributed by atoms with Crippen molar-refractivity contribution in [3.63, 3.8) is 0 Å². The summed E-state index contributed by atoms with van der Waals surface area (Å²) in [7, 11) is 0. The molecule has 0 amide bonds. The molecule has 0 fully saturated rings. The lowest BCUT2D eigenvalue weighted by Gasteiger charge is -2.06. The zero-order chi connectivity index (χ0) is 12.3. The number of aldehydes is 1. The number of aromatic nitrogens is 1. The van der Waals surface area contributed by atoms with E-state index in [-0.39, 0.29) is 11.5 Å². The highest BCUT2D eigenvalue weighted by Gasteiger charge is 2.06. The van der Waals surface area contributed by atoms with Gasteiger partial charge in [0.05, 0.1) is 6.20 Å². The van der Waals surface area contributed by atoms with Crippen LogP contribution in [0.15, 0.2) is 36.7 Å². The summed E-state index contributed by atoms with van der Waals surface area (Å²) in [6.45, 7) is 0. The van der Waals surface area contributed by atoms with Gasteiger partial charge in [0, 0.05) is 17.8 Å². The number of benzene rings is 1. The number of carbonyl (C=O) groups is 1. The molecule has 0 spiro atoms. The Morgan fingerprint density at radius 1 is 1.18 bits per heavy atom. The summed E-state index contributed by atoms with van der Waals surface area (Å²) in [5.41, 5.74) is 0.310. The van der Waals surface area contributed by atoms with Gasteiger partial charge < -0.3 is 4.74 Å². The van der Waals surface area contributed by atoms with Crippen LogP contribution in [0.5, 0.6) is 11.5 Å². The first kappa shape index (κ1) is 11.2. The molecule has 1 aromatic carbocycles. The summed E-state index contributed by atoms with van der Waals surface area (Å²) in [6.07, 6.45) is 3.28. The zero-order valence-corrected chi connectivity index (χ0v) is 8.56. The van der Waals surface area contributed by atoms with E-state index in [2.05, 4.69) is 4.98 Å². The van der Waals surface area contributed by atoms with Crippen molar-refractivity contribution in [1.29, 1.82) is 0 Å². The molecule has 0 aliphatic rings. The fraction of sp³-hybridized carbons (Fsp3) is 0. The van der Waals surface area contributed by atoms with Crippen LogP contribution >= 0.6 is 0 Å². The highest BCUT2D eigenvalue weighted by Crippen LogP contribution is 2.24. The number of hydrogen-bond donors (Lipinski definition) is 0. The van der Waals surface area contributed by atoms with Crippen molar-refractivity contribution in [1.82, 2.24) is 4.98 Å². The third-order valence-electron chi connectivity index (χ3n) is 1.99. The maximum absolute atomic E-state index is 13.3. The second-order valence-electron chi connectivity index (χ2n) is 3.25. The summed E-state index contributed by atoms with van der Waals surface area (Å²) < 4.78 is 31.1. The minimum atomic E-state index is -0.818. The lowest BCUT2D eigenvalue weighted by molar-refractivity contribution is 0.112. The van der Waals surface area contributed by atoms with Crippen molar-refractivity contribution in [3.8, 4) is 11.5 Å². The summed E-state index contributed by atoms with van der Waals surface area (Å²) in [5, 5.41) is 0. The fourth-order valence-electron chi connectivity index (χ4n) is 1.24. The number of carbonyl (C=O) groups excluding carboxylic acids is 1. The van der Waals surface area contributed by atoms with Crippen molar-refractivity contribution < 1.29 is 18.3 Å². The average molecular weight is 235 g/mol. The van der Waals surface area contributed by atoms with Crippen LogP contribution in [-0.4, -0.2) is 11.3 Å². The van der Waals surface area contributed by atoms with Crippen LogP contribution in [0.2, 0.25) is 0 Å². The SMILES string of the molecule is O=Cc1cncc(Oc2ccc(F)cc2F)c1. The third kappa shape index (κ3) is 2.63. The minimum absolute atomic E-state index is 0.128. The van der Waals surface area contributed by atoms with E-state index < -0.39 is 11.6 Å². The molecular weight excluding hydrogens is 228 g/mol. The maximum Gasteiger partial charge on any atom is 0.168 e. The Balaban J connectivity index is 2.27. The Hall–Kier alpha value is -2.30. The molecular formula is C12H7F2NO2. The van der Waals surface area contributed by atoms with Crippen LogP contribution in [0.1, 0.15) is 10.4 Å². The van der Waals surface area contributed by atoms with Gasteiger partial charge in [-0.1, -0.05) is 0 Å². The predicted molar refractivity (Wildman–Crippen MR) is 56.1 cm³/mol. The van der Waals surface area contributed by atoms with Gasteiger partial charge in [0.1, 0.15) is 11.6 Å². The first-order valence-electron chi connectivity index (χ1n) is 4.72. The third-order valence-corrected chi connectivity index (χ3v) is 1.99. The van der Waals surface area contributed by atoms with Gasteiger partial charge in [-0.05, 0) is 18.2 Å². The van der Waals surface area contributed by atoms with Crippen molar-refractivity contribution in [3.05, 3.63) is 53.9 Å². The van der Waals surface area contributed by atoms with Gasteiger partial charge in [-0.25, -0.2) is 8.78 Å². The van der Waals surface area contributed by atoms with E-state index in [0.717, 1.165) is 12.1 Å². The highest BCUT2D eigenvalue weighted by molar-refractivity contribution is 5.74. The Kier molecular flexibility index (Phi) is 3.09. The van der Waals surface area contributed by atoms with Crippen molar-refractivity contribution in [2.45, 2.75) is 0 Å². The minimum Gasteiger partial charge on any atom is -0.453 e. The first-order valence-corrected chi connectivity index (χ1v) is 4.72. The molecule has 0 saturated heterocycles. The number of rotatable bonds is 3. The summed E-state index contributed by atoms with van der Waals surface area (Å²) in [5.74, 6) is -1.42. The van der Waals surface area contributed by atoms with E-state index in [1.807, 2.05) is 0 Å². The van der Waals surface area contributed by atoms with E-state index in [4.69, 9.17) is 4.74 Å². The summed E-state index contributed by atoms with van der Waals surface area (Å²) in [6, 6.07) is 4.36. The lowest BCUT2D eigenvalue weighted by Crippen LogP contribution is -1.91. The van der Waals surface area contributed by atoms with Crippen LogP contribution in [0.4, 0.5) is 8.78 Å². The molecule has 0 N–H and O–H groups in total. The number of halogens is 2. The fourth-order valence-corrected chi connectivity index (χ4v) is 1.24. The monoisotopic (exact) mass is 235 g/mol. The number of hydrogen-bond acceptors (Lipinski definition) is 3. The van der Waals surface area contributed by atoms with Gasteiger partial charge in [-0.15, -0.1) is 0 Å². The molecule has 86 valence electrons. The Bertz CT molecular complexity index is 558. The van der Waals surface area contributed by atoms with Gasteiger partial charge in [0.15, 0.2) is 17.9 Å². The Morgan fingerprint density at radius 3 is 2.71 bits per heavy atom. The molecule has 2 rings (SSSR count). The van der Waals surface area contributed by atoms with Crippen molar-refractivity contribution in [2.24, 2.45) is 0 Å². The van der Waals surface area contributed by atoms with E-state index >= 15 is 0 Å². The second kappa shape index (κ2) is 4.69. The Morgan fingerprint density at radius 2 is 2.00 bits per heavy atom. The maximum atomic E-state index is 13.3. The van der Waals surface area contributed by atoms with Gasteiger partial charge in [-0.3, -0.25) is 9.78 Å². The van der Waals surface area contributed by atoms with Gasteiger partial charge in [-0.2, -0.15) is 0 Å². The molecule has 0 aliphatic heterocycles. The lowest BCUT2D eigenvalue weighted by atomic mass is 10.3. The van der Waals surface area contributed by atoms with Crippen LogP contribution in [-0.2, 0) is 0 Å². The van der Waals surface area contributed by atoms with Crippen molar-refractivity contribution >= 4 is 6.29 Å². The van der Waals surface area contributed by atoms with E-state index in [0.29, 0.717) is 17.9 Å². The number of ether oxygens (including phenoxy) is 1. The molecule has 0 radical (unpaired) electrons. The van der Waals surface area contributed by atoms with Gasteiger partial charge in [0.2, 0.25) is 0 Å². The molecule has 17 heavy (non-hydrogen) atoms. The molecule has 0 bridgehead atoms. The van der Waals surface area contributed by atoms with Crippen LogP contribution < -0.4 is 4.74 Å². The second-order valence-corrected chi connectivity index (χ2v) is 3.25. The first-order chi connectivity index (χ1) is 8.19. The number of nitrogens with zero attached hydrogens (tertiary/aromatic N) is 1. The molecule has 0 aliphatic carbocycles. The number of pyridine rings is 1. The largest absolute Gasteiger partial charge is 0.453 e. The van der Waals surface area contributed by atoms with E-state index in [1.165, 1.54) is 18.5 Å². The molecule has 1 aromatic heterocycles. The highest BCUT2D eigenvalue weighted by atomic mass is 19.1. The smallest absolute Gasteiger partial charge is 0.168 e. The average Bonchev–Trinajstić information content (AvgIpc) is 2.33. The molecule has 0 saturated carbocycles. The molecule has 3 nitrogen and oxygen atoms in total. The van der Waals surface area contributed by atoms with Gasteiger partial charge in [0.25, 0.3) is 0 Å². The van der Waals surface area contributed by atoms with Gasteiger partial charge >= 0.3 is 0 Å². The molecule has 0 atom stereocenters. The van der Waals surface area contributed by atoms with E-state index in [1.54, 1.807) is 0 Å². The summed E-state index contributed by atoms with van der Waals surface area (Å²) >= 11 is 0. The Labute approximate surface area is 95.7 Å². The predicted octanol–water partition coefficient (Wildman–Crippen LogP) is 2.96. The van der Waals surface area contributed by atoms with Crippen molar-refractivity contribution in [2.75, 3.05) is 0 Å². The van der Waals surface area contributed by atoms with E-state index in [9.17, 15) is 13.6 Å². The molecule has 2 aromatic rings. The topological polar surface area (TPSA) is 39.2 Å².